The molecule has 1 saturated heterocycles. The number of carbonyl (C=O) groups is 1. The molecule has 1 aliphatic heterocycles. The summed E-state index contributed by atoms with van der Waals surface area (Å²) in [5, 5.41) is 13.7. The van der Waals surface area contributed by atoms with Gasteiger partial charge in [-0.25, -0.2) is 14.8 Å². The maximum absolute atomic E-state index is 12.9. The Labute approximate surface area is 205 Å². The van der Waals surface area contributed by atoms with Crippen LogP contribution in [0.15, 0.2) is 48.5 Å². The predicted octanol–water partition coefficient (Wildman–Crippen LogP) is 4.65. The van der Waals surface area contributed by atoms with E-state index < -0.39 is 4.92 Å². The maximum atomic E-state index is 12.9. The standard InChI is InChI=1S/C26H30N6O3/c1-18-5-7-21(8-6-18)17-24-19(2)27-20(3)28-25(24)30-13-4-14-31(16-15-30)26(33)29-22-9-11-23(12-10-22)32(34)35/h5-12H,4,13-17H2,1-3H3,(H,29,33). The molecule has 9 nitrogen and oxygen atoms in total. The average molecular weight is 475 g/mol. The summed E-state index contributed by atoms with van der Waals surface area (Å²) in [4.78, 5) is 36.7. The third-order valence-electron chi connectivity index (χ3n) is 6.22. The molecule has 0 saturated carbocycles. The second-order valence-corrected chi connectivity index (χ2v) is 8.88. The van der Waals surface area contributed by atoms with Gasteiger partial charge in [-0.1, -0.05) is 29.8 Å². The highest BCUT2D eigenvalue weighted by atomic mass is 16.6. The summed E-state index contributed by atoms with van der Waals surface area (Å²) in [6, 6.07) is 14.2. The summed E-state index contributed by atoms with van der Waals surface area (Å²) in [7, 11) is 0. The molecular weight excluding hydrogens is 444 g/mol. The Balaban J connectivity index is 1.47. The summed E-state index contributed by atoms with van der Waals surface area (Å²) >= 11 is 0. The quantitative estimate of drug-likeness (QED) is 0.427. The minimum Gasteiger partial charge on any atom is -0.354 e. The number of rotatable bonds is 5. The third kappa shape index (κ3) is 5.92. The van der Waals surface area contributed by atoms with E-state index >= 15 is 0 Å². The lowest BCUT2D eigenvalue weighted by Gasteiger charge is -2.26. The number of nitrogens with one attached hydrogen (secondary N) is 1. The van der Waals surface area contributed by atoms with Gasteiger partial charge in [0.2, 0.25) is 0 Å². The Hall–Kier alpha value is -4.01. The molecule has 1 aromatic heterocycles. The number of carbonyl (C=O) groups excluding carboxylic acids is 1. The van der Waals surface area contributed by atoms with Gasteiger partial charge in [0.15, 0.2) is 0 Å². The molecule has 0 bridgehead atoms. The van der Waals surface area contributed by atoms with Crippen molar-refractivity contribution in [3.8, 4) is 0 Å². The van der Waals surface area contributed by atoms with Crippen molar-refractivity contribution in [1.29, 1.82) is 0 Å². The number of urea groups is 1. The van der Waals surface area contributed by atoms with Gasteiger partial charge in [0.1, 0.15) is 11.6 Å². The lowest BCUT2D eigenvalue weighted by molar-refractivity contribution is -0.384. The van der Waals surface area contributed by atoms with Gasteiger partial charge in [-0.2, -0.15) is 0 Å². The van der Waals surface area contributed by atoms with Crippen LogP contribution in [-0.2, 0) is 6.42 Å². The first-order valence-corrected chi connectivity index (χ1v) is 11.7. The molecule has 4 rings (SSSR count). The summed E-state index contributed by atoms with van der Waals surface area (Å²) < 4.78 is 0. The molecule has 0 spiro atoms. The number of aryl methyl sites for hydroxylation is 3. The van der Waals surface area contributed by atoms with Gasteiger partial charge < -0.3 is 15.1 Å². The van der Waals surface area contributed by atoms with Gasteiger partial charge in [-0.3, -0.25) is 10.1 Å². The van der Waals surface area contributed by atoms with Gasteiger partial charge in [0.05, 0.1) is 4.92 Å². The third-order valence-corrected chi connectivity index (χ3v) is 6.22. The number of nitro groups is 1. The minimum atomic E-state index is -0.460. The van der Waals surface area contributed by atoms with Gasteiger partial charge in [-0.15, -0.1) is 0 Å². The molecule has 0 atom stereocenters. The number of amides is 2. The van der Waals surface area contributed by atoms with Crippen molar-refractivity contribution in [2.24, 2.45) is 0 Å². The van der Waals surface area contributed by atoms with E-state index in [0.29, 0.717) is 25.3 Å². The zero-order valence-corrected chi connectivity index (χ0v) is 20.3. The van der Waals surface area contributed by atoms with Crippen LogP contribution in [0.4, 0.5) is 22.0 Å². The van der Waals surface area contributed by atoms with Crippen LogP contribution in [0.3, 0.4) is 0 Å². The van der Waals surface area contributed by atoms with E-state index in [0.717, 1.165) is 42.3 Å². The fraction of sp³-hybridized carbons (Fsp3) is 0.346. The Bertz CT molecular complexity index is 1210. The molecule has 1 N–H and O–H groups in total. The number of benzene rings is 2. The summed E-state index contributed by atoms with van der Waals surface area (Å²) in [5.74, 6) is 1.68. The second kappa shape index (κ2) is 10.5. The van der Waals surface area contributed by atoms with Crippen LogP contribution in [-0.4, -0.2) is 52.0 Å². The highest BCUT2D eigenvalue weighted by Crippen LogP contribution is 2.25. The lowest BCUT2D eigenvalue weighted by Crippen LogP contribution is -2.38. The van der Waals surface area contributed by atoms with E-state index in [1.807, 2.05) is 13.8 Å². The molecule has 2 amide bonds. The Morgan fingerprint density at radius 2 is 1.69 bits per heavy atom. The van der Waals surface area contributed by atoms with E-state index in [1.54, 1.807) is 17.0 Å². The number of aromatic nitrogens is 2. The number of hydrogen-bond donors (Lipinski definition) is 1. The van der Waals surface area contributed by atoms with Crippen LogP contribution in [0.25, 0.3) is 0 Å². The molecule has 3 aromatic rings. The summed E-state index contributed by atoms with van der Waals surface area (Å²) in [5.41, 5.74) is 5.06. The molecule has 182 valence electrons. The van der Waals surface area contributed by atoms with E-state index in [4.69, 9.17) is 4.98 Å². The van der Waals surface area contributed by atoms with Crippen LogP contribution >= 0.6 is 0 Å². The fourth-order valence-corrected chi connectivity index (χ4v) is 4.30. The normalized spacial score (nSPS) is 13.9. The number of nitrogens with zero attached hydrogens (tertiary/aromatic N) is 5. The zero-order chi connectivity index (χ0) is 24.9. The van der Waals surface area contributed by atoms with E-state index in [9.17, 15) is 14.9 Å². The molecule has 1 aliphatic rings. The highest BCUT2D eigenvalue weighted by molar-refractivity contribution is 5.89. The first-order valence-electron chi connectivity index (χ1n) is 11.7. The van der Waals surface area contributed by atoms with Crippen molar-refractivity contribution in [2.45, 2.75) is 33.6 Å². The van der Waals surface area contributed by atoms with E-state index in [1.165, 1.54) is 23.3 Å². The van der Waals surface area contributed by atoms with Gasteiger partial charge >= 0.3 is 6.03 Å². The average Bonchev–Trinajstić information content (AvgIpc) is 3.09. The van der Waals surface area contributed by atoms with Gasteiger partial charge in [0.25, 0.3) is 5.69 Å². The molecule has 9 heteroatoms. The van der Waals surface area contributed by atoms with Crippen molar-refractivity contribution in [2.75, 3.05) is 36.4 Å². The van der Waals surface area contributed by atoms with Crippen molar-refractivity contribution >= 4 is 23.2 Å². The molecule has 2 heterocycles. The van der Waals surface area contributed by atoms with Gasteiger partial charge in [-0.05, 0) is 44.9 Å². The minimum absolute atomic E-state index is 0.00899. The summed E-state index contributed by atoms with van der Waals surface area (Å²) in [6.45, 7) is 8.63. The first kappa shape index (κ1) is 24.1. The maximum Gasteiger partial charge on any atom is 0.321 e. The Morgan fingerprint density at radius 1 is 0.971 bits per heavy atom. The smallest absolute Gasteiger partial charge is 0.321 e. The monoisotopic (exact) mass is 474 g/mol. The fourth-order valence-electron chi connectivity index (χ4n) is 4.30. The Kier molecular flexibility index (Phi) is 7.24. The van der Waals surface area contributed by atoms with Crippen LogP contribution in [0.1, 0.15) is 34.6 Å². The number of nitro benzene ring substituents is 1. The predicted molar refractivity (Wildman–Crippen MR) is 136 cm³/mol. The number of non-ortho nitro benzene ring substituents is 1. The van der Waals surface area contributed by atoms with Crippen LogP contribution < -0.4 is 10.2 Å². The number of anilines is 2. The van der Waals surface area contributed by atoms with Crippen molar-refractivity contribution in [3.63, 3.8) is 0 Å². The summed E-state index contributed by atoms with van der Waals surface area (Å²) in [6.07, 6.45) is 1.56. The molecule has 35 heavy (non-hydrogen) atoms. The van der Waals surface area contributed by atoms with Crippen LogP contribution in [0, 0.1) is 30.9 Å². The highest BCUT2D eigenvalue weighted by Gasteiger charge is 2.23. The largest absolute Gasteiger partial charge is 0.354 e. The molecule has 0 radical (unpaired) electrons. The van der Waals surface area contributed by atoms with Crippen LogP contribution in [0.2, 0.25) is 0 Å². The van der Waals surface area contributed by atoms with Gasteiger partial charge in [0, 0.05) is 61.7 Å². The van der Waals surface area contributed by atoms with E-state index in [2.05, 4.69) is 46.4 Å². The van der Waals surface area contributed by atoms with E-state index in [-0.39, 0.29) is 11.7 Å². The Morgan fingerprint density at radius 3 is 2.37 bits per heavy atom. The molecule has 0 aliphatic carbocycles. The van der Waals surface area contributed by atoms with Crippen molar-refractivity contribution < 1.29 is 9.72 Å². The molecular formula is C26H30N6O3. The van der Waals surface area contributed by atoms with Crippen LogP contribution in [0.5, 0.6) is 0 Å². The molecule has 0 unspecified atom stereocenters. The zero-order valence-electron chi connectivity index (χ0n) is 20.3. The second-order valence-electron chi connectivity index (χ2n) is 8.88. The number of hydrogen-bond acceptors (Lipinski definition) is 6. The lowest BCUT2D eigenvalue weighted by atomic mass is 10.0. The molecule has 1 fully saturated rings. The topological polar surface area (TPSA) is 104 Å². The van der Waals surface area contributed by atoms with Crippen molar-refractivity contribution in [1.82, 2.24) is 14.9 Å². The first-order chi connectivity index (χ1) is 16.8. The SMILES string of the molecule is Cc1ccc(Cc2c(C)nc(C)nc2N2CCCN(C(=O)Nc3ccc([N+](=O)[O-])cc3)CC2)cc1. The van der Waals surface area contributed by atoms with Crippen molar-refractivity contribution in [3.05, 3.63) is 86.9 Å². The molecule has 2 aromatic carbocycles.